The van der Waals surface area contributed by atoms with Gasteiger partial charge in [-0.1, -0.05) is 6.07 Å². The summed E-state index contributed by atoms with van der Waals surface area (Å²) in [6, 6.07) is 6.02. The van der Waals surface area contributed by atoms with Crippen molar-refractivity contribution in [3.8, 4) is 0 Å². The van der Waals surface area contributed by atoms with Gasteiger partial charge in [0.1, 0.15) is 0 Å². The number of hydrogen-bond donors (Lipinski definition) is 0. The topological polar surface area (TPSA) is 57.5 Å². The second-order valence-corrected chi connectivity index (χ2v) is 7.27. The van der Waals surface area contributed by atoms with Crippen molar-refractivity contribution >= 4 is 5.91 Å². The molecule has 7 nitrogen and oxygen atoms in total. The predicted octanol–water partition coefficient (Wildman–Crippen LogP) is 0.761. The van der Waals surface area contributed by atoms with Gasteiger partial charge in [0.15, 0.2) is 5.69 Å². The van der Waals surface area contributed by atoms with Crippen LogP contribution in [0.15, 0.2) is 24.4 Å². The molecule has 4 heterocycles. The molecule has 1 amide bonds. The molecular formula is C19H26N6O. The van der Waals surface area contributed by atoms with Gasteiger partial charge in [0.25, 0.3) is 5.91 Å². The fourth-order valence-corrected chi connectivity index (χ4v) is 3.81. The van der Waals surface area contributed by atoms with Crippen LogP contribution in [-0.4, -0.2) is 75.1 Å². The van der Waals surface area contributed by atoms with Gasteiger partial charge in [0.05, 0.1) is 11.4 Å². The highest BCUT2D eigenvalue weighted by Crippen LogP contribution is 2.24. The highest BCUT2D eigenvalue weighted by molar-refractivity contribution is 5.94. The second kappa shape index (κ2) is 7.17. The quantitative estimate of drug-likeness (QED) is 0.815. The predicted molar refractivity (Wildman–Crippen MR) is 98.7 cm³/mol. The summed E-state index contributed by atoms with van der Waals surface area (Å²) in [5, 5.41) is 4.60. The zero-order valence-corrected chi connectivity index (χ0v) is 15.6. The zero-order valence-electron chi connectivity index (χ0n) is 15.6. The van der Waals surface area contributed by atoms with E-state index in [1.165, 1.54) is 0 Å². The Labute approximate surface area is 154 Å². The van der Waals surface area contributed by atoms with Gasteiger partial charge in [0.2, 0.25) is 0 Å². The maximum absolute atomic E-state index is 13.0. The van der Waals surface area contributed by atoms with Crippen LogP contribution in [0.1, 0.15) is 27.4 Å². The minimum atomic E-state index is 0.0909. The maximum atomic E-state index is 13.0. The summed E-state index contributed by atoms with van der Waals surface area (Å²) in [5.74, 6) is 0.0909. The summed E-state index contributed by atoms with van der Waals surface area (Å²) in [4.78, 5) is 24.0. The van der Waals surface area contributed by atoms with Crippen molar-refractivity contribution in [3.63, 3.8) is 0 Å². The van der Waals surface area contributed by atoms with E-state index in [9.17, 15) is 4.79 Å². The molecule has 138 valence electrons. The Hall–Kier alpha value is -2.25. The van der Waals surface area contributed by atoms with Crippen LogP contribution in [0.5, 0.6) is 0 Å². The molecule has 0 aromatic carbocycles. The number of rotatable bonds is 3. The summed E-state index contributed by atoms with van der Waals surface area (Å²) in [6.45, 7) is 5.99. The number of fused-ring (bicyclic) bond motifs is 1. The van der Waals surface area contributed by atoms with Gasteiger partial charge in [-0.05, 0) is 25.6 Å². The normalized spacial score (nSPS) is 18.8. The monoisotopic (exact) mass is 354 g/mol. The zero-order chi connectivity index (χ0) is 18.1. The highest BCUT2D eigenvalue weighted by atomic mass is 16.2. The summed E-state index contributed by atoms with van der Waals surface area (Å²) in [7, 11) is 4.05. The minimum Gasteiger partial charge on any atom is -0.335 e. The van der Waals surface area contributed by atoms with E-state index in [0.29, 0.717) is 5.69 Å². The first-order chi connectivity index (χ1) is 12.6. The Morgan fingerprint density at radius 3 is 2.65 bits per heavy atom. The number of hydrogen-bond acceptors (Lipinski definition) is 5. The van der Waals surface area contributed by atoms with E-state index in [1.807, 2.05) is 35.0 Å². The lowest BCUT2D eigenvalue weighted by atomic mass is 10.0. The molecule has 0 saturated carbocycles. The third kappa shape index (κ3) is 3.37. The summed E-state index contributed by atoms with van der Waals surface area (Å²) in [6.07, 6.45) is 2.70. The molecule has 0 N–H and O–H groups in total. The molecule has 0 bridgehead atoms. The van der Waals surface area contributed by atoms with Gasteiger partial charge in [-0.2, -0.15) is 5.10 Å². The number of likely N-dealkylation sites (N-methyl/N-ethyl adjacent to an activating group) is 1. The largest absolute Gasteiger partial charge is 0.335 e. The number of pyridine rings is 1. The van der Waals surface area contributed by atoms with E-state index in [4.69, 9.17) is 0 Å². The third-order valence-corrected chi connectivity index (χ3v) is 5.43. The Bertz CT molecular complexity index is 779. The van der Waals surface area contributed by atoms with Gasteiger partial charge in [-0.25, -0.2) is 0 Å². The van der Waals surface area contributed by atoms with E-state index in [1.54, 1.807) is 0 Å². The first-order valence-electron chi connectivity index (χ1n) is 9.26. The molecule has 0 atom stereocenters. The molecule has 1 fully saturated rings. The van der Waals surface area contributed by atoms with Crippen molar-refractivity contribution in [1.29, 1.82) is 0 Å². The lowest BCUT2D eigenvalue weighted by Gasteiger charge is -2.32. The number of piperazine rings is 1. The smallest absolute Gasteiger partial charge is 0.274 e. The lowest BCUT2D eigenvalue weighted by Crippen LogP contribution is -2.47. The van der Waals surface area contributed by atoms with Gasteiger partial charge in [-0.3, -0.25) is 19.4 Å². The Morgan fingerprint density at radius 2 is 1.92 bits per heavy atom. The number of carbonyl (C=O) groups excluding carboxylic acids is 1. The Morgan fingerprint density at radius 1 is 1.12 bits per heavy atom. The van der Waals surface area contributed by atoms with E-state index in [2.05, 4.69) is 33.0 Å². The number of aryl methyl sites for hydroxylation is 1. The fourth-order valence-electron chi connectivity index (χ4n) is 3.81. The van der Waals surface area contributed by atoms with E-state index >= 15 is 0 Å². The van der Waals surface area contributed by atoms with Crippen LogP contribution in [0.2, 0.25) is 0 Å². The molecular weight excluding hydrogens is 328 g/mol. The SMILES string of the molecule is CN1CCN(C(=O)c2nn(C)c3c2CCN(Cc2ccccn2)C3)CC1. The van der Waals surface area contributed by atoms with Crippen molar-refractivity contribution in [2.75, 3.05) is 39.8 Å². The minimum absolute atomic E-state index is 0.0909. The fraction of sp³-hybridized carbons (Fsp3) is 0.526. The van der Waals surface area contributed by atoms with Crippen molar-refractivity contribution in [2.24, 2.45) is 7.05 Å². The molecule has 0 aliphatic carbocycles. The van der Waals surface area contributed by atoms with Crippen LogP contribution >= 0.6 is 0 Å². The number of carbonyl (C=O) groups is 1. The van der Waals surface area contributed by atoms with Crippen LogP contribution in [0.25, 0.3) is 0 Å². The summed E-state index contributed by atoms with van der Waals surface area (Å²) < 4.78 is 1.89. The first-order valence-corrected chi connectivity index (χ1v) is 9.26. The third-order valence-electron chi connectivity index (χ3n) is 5.43. The standard InChI is InChI=1S/C19H26N6O/c1-22-9-11-25(12-10-22)19(26)18-16-6-8-24(14-17(16)23(2)21-18)13-15-5-3-4-7-20-15/h3-5,7H,6,8-14H2,1-2H3. The van der Waals surface area contributed by atoms with Crippen molar-refractivity contribution < 1.29 is 4.79 Å². The van der Waals surface area contributed by atoms with Crippen LogP contribution in [0.4, 0.5) is 0 Å². The van der Waals surface area contributed by atoms with Gasteiger partial charge in [-0.15, -0.1) is 0 Å². The van der Waals surface area contributed by atoms with Crippen LogP contribution in [0, 0.1) is 0 Å². The van der Waals surface area contributed by atoms with Gasteiger partial charge >= 0.3 is 0 Å². The molecule has 7 heteroatoms. The van der Waals surface area contributed by atoms with E-state index in [-0.39, 0.29) is 5.91 Å². The molecule has 4 rings (SSSR count). The summed E-state index contributed by atoms with van der Waals surface area (Å²) in [5.41, 5.74) is 4.02. The van der Waals surface area contributed by atoms with Crippen molar-refractivity contribution in [1.82, 2.24) is 29.5 Å². The molecule has 26 heavy (non-hydrogen) atoms. The van der Waals surface area contributed by atoms with E-state index < -0.39 is 0 Å². The number of nitrogens with zero attached hydrogens (tertiary/aromatic N) is 6. The first kappa shape index (κ1) is 17.2. The van der Waals surface area contributed by atoms with Crippen molar-refractivity contribution in [2.45, 2.75) is 19.5 Å². The molecule has 2 aromatic heterocycles. The molecule has 0 radical (unpaired) electrons. The van der Waals surface area contributed by atoms with Gasteiger partial charge in [0, 0.05) is 64.6 Å². The highest BCUT2D eigenvalue weighted by Gasteiger charge is 2.30. The molecule has 2 aromatic rings. The number of aromatic nitrogens is 3. The average Bonchev–Trinajstić information content (AvgIpc) is 2.99. The summed E-state index contributed by atoms with van der Waals surface area (Å²) >= 11 is 0. The van der Waals surface area contributed by atoms with Crippen LogP contribution in [-0.2, 0) is 26.6 Å². The average molecular weight is 354 g/mol. The lowest BCUT2D eigenvalue weighted by molar-refractivity contribution is 0.0656. The second-order valence-electron chi connectivity index (χ2n) is 7.27. The molecule has 0 spiro atoms. The Balaban J connectivity index is 1.49. The van der Waals surface area contributed by atoms with Gasteiger partial charge < -0.3 is 9.80 Å². The Kier molecular flexibility index (Phi) is 4.74. The molecule has 2 aliphatic heterocycles. The van der Waals surface area contributed by atoms with E-state index in [0.717, 1.165) is 69.2 Å². The maximum Gasteiger partial charge on any atom is 0.274 e. The van der Waals surface area contributed by atoms with Crippen LogP contribution < -0.4 is 0 Å². The molecule has 2 aliphatic rings. The molecule has 0 unspecified atom stereocenters. The molecule has 1 saturated heterocycles. The van der Waals surface area contributed by atoms with Crippen molar-refractivity contribution in [3.05, 3.63) is 47.0 Å². The number of amides is 1. The van der Waals surface area contributed by atoms with Crippen LogP contribution in [0.3, 0.4) is 0 Å².